The van der Waals surface area contributed by atoms with Gasteiger partial charge in [-0.25, -0.2) is 0 Å². The van der Waals surface area contributed by atoms with E-state index in [9.17, 15) is 9.59 Å². The number of benzene rings is 1. The highest BCUT2D eigenvalue weighted by molar-refractivity contribution is 5.90. The maximum atomic E-state index is 10.4. The summed E-state index contributed by atoms with van der Waals surface area (Å²) in [6.07, 6.45) is 7.95. The van der Waals surface area contributed by atoms with E-state index in [1.54, 1.807) is 6.08 Å². The molecule has 1 aromatic rings. The Balaban J connectivity index is 0.000000165. The van der Waals surface area contributed by atoms with Crippen molar-refractivity contribution in [1.82, 2.24) is 0 Å². The van der Waals surface area contributed by atoms with Gasteiger partial charge in [0.1, 0.15) is 6.29 Å². The van der Waals surface area contributed by atoms with E-state index in [4.69, 9.17) is 0 Å². The Labute approximate surface area is 96.0 Å². The summed E-state index contributed by atoms with van der Waals surface area (Å²) in [5.74, 6) is 0.284. The molecule has 1 aliphatic rings. The van der Waals surface area contributed by atoms with E-state index >= 15 is 0 Å². The molecule has 2 heteroatoms. The zero-order valence-corrected chi connectivity index (χ0v) is 9.26. The van der Waals surface area contributed by atoms with Crippen LogP contribution in [0.1, 0.15) is 24.8 Å². The Hall–Kier alpha value is -1.70. The average Bonchev–Trinajstić information content (AvgIpc) is 2.33. The third-order valence-electron chi connectivity index (χ3n) is 2.26. The first-order valence-corrected chi connectivity index (χ1v) is 5.50. The second-order valence-electron chi connectivity index (χ2n) is 3.62. The lowest BCUT2D eigenvalue weighted by Gasteiger charge is -1.97. The zero-order chi connectivity index (χ0) is 11.6. The van der Waals surface area contributed by atoms with Crippen LogP contribution in [0.15, 0.2) is 42.5 Å². The van der Waals surface area contributed by atoms with Gasteiger partial charge in [-0.05, 0) is 24.5 Å². The van der Waals surface area contributed by atoms with Crippen molar-refractivity contribution >= 4 is 12.1 Å². The first kappa shape index (κ1) is 12.4. The van der Waals surface area contributed by atoms with E-state index in [-0.39, 0.29) is 5.78 Å². The van der Waals surface area contributed by atoms with Crippen LogP contribution in [0.3, 0.4) is 0 Å². The number of hydrogen-bond donors (Lipinski definition) is 0. The molecule has 0 bridgehead atoms. The molecule has 0 heterocycles. The minimum atomic E-state index is 0.284. The summed E-state index contributed by atoms with van der Waals surface area (Å²) in [5.41, 5.74) is 1.08. The second kappa shape index (κ2) is 7.57. The molecule has 0 aliphatic heterocycles. The van der Waals surface area contributed by atoms with Crippen LogP contribution in [0.4, 0.5) is 0 Å². The largest absolute Gasteiger partial charge is 0.303 e. The fourth-order valence-corrected chi connectivity index (χ4v) is 1.40. The van der Waals surface area contributed by atoms with Crippen LogP contribution < -0.4 is 0 Å². The van der Waals surface area contributed by atoms with Gasteiger partial charge in [-0.1, -0.05) is 36.4 Å². The molecule has 0 unspecified atom stereocenters. The minimum Gasteiger partial charge on any atom is -0.303 e. The van der Waals surface area contributed by atoms with Crippen molar-refractivity contribution in [3.63, 3.8) is 0 Å². The molecular weight excluding hydrogens is 200 g/mol. The number of carbonyl (C=O) groups excluding carboxylic acids is 2. The highest BCUT2D eigenvalue weighted by atomic mass is 16.1. The normalized spacial score (nSPS) is 13.9. The molecular formula is C14H16O2. The Morgan fingerprint density at radius 1 is 1.19 bits per heavy atom. The molecule has 84 valence electrons. The van der Waals surface area contributed by atoms with E-state index in [1.165, 1.54) is 0 Å². The molecule has 1 aromatic carbocycles. The molecule has 2 nitrogen and oxygen atoms in total. The quantitative estimate of drug-likeness (QED) is 0.712. The van der Waals surface area contributed by atoms with E-state index in [0.29, 0.717) is 6.42 Å². The molecule has 0 aromatic heterocycles. The second-order valence-corrected chi connectivity index (χ2v) is 3.62. The molecule has 16 heavy (non-hydrogen) atoms. The van der Waals surface area contributed by atoms with Crippen LogP contribution in [-0.4, -0.2) is 12.1 Å². The Kier molecular flexibility index (Phi) is 5.86. The van der Waals surface area contributed by atoms with E-state index in [0.717, 1.165) is 31.1 Å². The van der Waals surface area contributed by atoms with Gasteiger partial charge in [0.05, 0.1) is 0 Å². The lowest BCUT2D eigenvalue weighted by Crippen LogP contribution is -1.95. The molecule has 2 rings (SSSR count). The zero-order valence-electron chi connectivity index (χ0n) is 9.26. The molecule has 0 atom stereocenters. The van der Waals surface area contributed by atoms with Gasteiger partial charge in [0, 0.05) is 12.8 Å². The molecule has 0 saturated heterocycles. The number of hydrogen-bond acceptors (Lipinski definition) is 2. The summed E-state index contributed by atoms with van der Waals surface area (Å²) in [4.78, 5) is 20.4. The first-order valence-electron chi connectivity index (χ1n) is 5.50. The smallest absolute Gasteiger partial charge is 0.155 e. The number of allylic oxidation sites excluding steroid dienone is 2. The van der Waals surface area contributed by atoms with Crippen molar-refractivity contribution in [2.75, 3.05) is 0 Å². The molecule has 0 spiro atoms. The predicted molar refractivity (Wildman–Crippen MR) is 64.2 cm³/mol. The summed E-state index contributed by atoms with van der Waals surface area (Å²) in [5, 5.41) is 0. The minimum absolute atomic E-state index is 0.284. The number of rotatable bonds is 2. The van der Waals surface area contributed by atoms with E-state index < -0.39 is 0 Å². The Morgan fingerprint density at radius 2 is 1.94 bits per heavy atom. The molecule has 0 fully saturated rings. The highest BCUT2D eigenvalue weighted by Crippen LogP contribution is 2.04. The van der Waals surface area contributed by atoms with Gasteiger partial charge in [0.2, 0.25) is 0 Å². The van der Waals surface area contributed by atoms with Crippen molar-refractivity contribution in [2.24, 2.45) is 0 Å². The van der Waals surface area contributed by atoms with Crippen LogP contribution in [-0.2, 0) is 16.0 Å². The maximum Gasteiger partial charge on any atom is 0.155 e. The van der Waals surface area contributed by atoms with Crippen molar-refractivity contribution in [3.05, 3.63) is 48.0 Å². The lowest BCUT2D eigenvalue weighted by molar-refractivity contribution is -0.115. The SMILES string of the molecule is O=C1C=CCCC1.O=CCc1ccccc1. The van der Waals surface area contributed by atoms with Gasteiger partial charge in [-0.3, -0.25) is 4.79 Å². The fraction of sp³-hybridized carbons (Fsp3) is 0.286. The highest BCUT2D eigenvalue weighted by Gasteiger charge is 1.98. The van der Waals surface area contributed by atoms with Crippen LogP contribution in [0.2, 0.25) is 0 Å². The fourth-order valence-electron chi connectivity index (χ4n) is 1.40. The summed E-state index contributed by atoms with van der Waals surface area (Å²) in [6, 6.07) is 9.68. The van der Waals surface area contributed by atoms with E-state index in [1.807, 2.05) is 36.4 Å². The molecule has 1 aliphatic carbocycles. The van der Waals surface area contributed by atoms with Crippen LogP contribution in [0.25, 0.3) is 0 Å². The first-order chi connectivity index (χ1) is 7.83. The van der Waals surface area contributed by atoms with Gasteiger partial charge in [0.25, 0.3) is 0 Å². The van der Waals surface area contributed by atoms with E-state index in [2.05, 4.69) is 0 Å². The third-order valence-corrected chi connectivity index (χ3v) is 2.26. The standard InChI is InChI=1S/C8H8O.C6H8O/c9-7-6-8-4-2-1-3-5-8;7-6-4-2-1-3-5-6/h1-5,7H,6H2;2,4H,1,3,5H2. The molecule has 0 saturated carbocycles. The Bertz CT molecular complexity index is 352. The van der Waals surface area contributed by atoms with Gasteiger partial charge >= 0.3 is 0 Å². The predicted octanol–water partition coefficient (Wildman–Crippen LogP) is 2.72. The van der Waals surface area contributed by atoms with Crippen molar-refractivity contribution in [3.8, 4) is 0 Å². The molecule has 0 N–H and O–H groups in total. The molecule has 0 amide bonds. The van der Waals surface area contributed by atoms with Crippen LogP contribution >= 0.6 is 0 Å². The van der Waals surface area contributed by atoms with Gasteiger partial charge in [-0.2, -0.15) is 0 Å². The summed E-state index contributed by atoms with van der Waals surface area (Å²) in [6.45, 7) is 0. The average molecular weight is 216 g/mol. The van der Waals surface area contributed by atoms with Crippen LogP contribution in [0.5, 0.6) is 0 Å². The monoisotopic (exact) mass is 216 g/mol. The molecule has 0 radical (unpaired) electrons. The maximum absolute atomic E-state index is 10.4. The van der Waals surface area contributed by atoms with Gasteiger partial charge in [0.15, 0.2) is 5.78 Å². The number of carbonyl (C=O) groups is 2. The summed E-state index contributed by atoms with van der Waals surface area (Å²) >= 11 is 0. The summed E-state index contributed by atoms with van der Waals surface area (Å²) < 4.78 is 0. The van der Waals surface area contributed by atoms with Crippen molar-refractivity contribution in [2.45, 2.75) is 25.7 Å². The van der Waals surface area contributed by atoms with Gasteiger partial charge < -0.3 is 4.79 Å². The lowest BCUT2D eigenvalue weighted by atomic mass is 10.1. The third kappa shape index (κ3) is 5.25. The van der Waals surface area contributed by atoms with Crippen LogP contribution in [0, 0.1) is 0 Å². The van der Waals surface area contributed by atoms with Crippen molar-refractivity contribution < 1.29 is 9.59 Å². The topological polar surface area (TPSA) is 34.1 Å². The number of ketones is 1. The summed E-state index contributed by atoms with van der Waals surface area (Å²) in [7, 11) is 0. The van der Waals surface area contributed by atoms with Crippen molar-refractivity contribution in [1.29, 1.82) is 0 Å². The Morgan fingerprint density at radius 3 is 2.38 bits per heavy atom. The number of aldehydes is 1. The van der Waals surface area contributed by atoms with Gasteiger partial charge in [-0.15, -0.1) is 0 Å².